The van der Waals surface area contributed by atoms with Crippen LogP contribution in [0.4, 0.5) is 0 Å². The Labute approximate surface area is 95.1 Å². The summed E-state index contributed by atoms with van der Waals surface area (Å²) in [5, 5.41) is 0. The topological polar surface area (TPSA) is 0 Å². The summed E-state index contributed by atoms with van der Waals surface area (Å²) in [5.74, 6) is 0. The maximum atomic E-state index is 2.29. The predicted octanol–water partition coefficient (Wildman–Crippen LogP) is 5.20. The largest absolute Gasteiger partial charge is 0.0856 e. The van der Waals surface area contributed by atoms with E-state index in [4.69, 9.17) is 0 Å². The molecule has 0 aromatic heterocycles. The third-order valence-corrected chi connectivity index (χ3v) is 2.29. The summed E-state index contributed by atoms with van der Waals surface area (Å²) in [6.45, 7) is 10.7. The molecule has 0 bridgehead atoms. The van der Waals surface area contributed by atoms with Crippen molar-refractivity contribution in [1.82, 2.24) is 0 Å². The van der Waals surface area contributed by atoms with Gasteiger partial charge in [0, 0.05) is 0 Å². The van der Waals surface area contributed by atoms with Crippen molar-refractivity contribution in [2.75, 3.05) is 0 Å². The van der Waals surface area contributed by atoms with E-state index >= 15 is 0 Å². The lowest BCUT2D eigenvalue weighted by Gasteiger charge is -1.96. The van der Waals surface area contributed by atoms with Crippen LogP contribution in [-0.2, 0) is 0 Å². The molecule has 0 spiro atoms. The van der Waals surface area contributed by atoms with Gasteiger partial charge in [0.05, 0.1) is 0 Å². The highest BCUT2D eigenvalue weighted by Gasteiger charge is 1.86. The molecule has 0 aliphatic carbocycles. The zero-order valence-electron chi connectivity index (χ0n) is 10.8. The summed E-state index contributed by atoms with van der Waals surface area (Å²) < 4.78 is 0. The van der Waals surface area contributed by atoms with Crippen molar-refractivity contribution in [3.8, 4) is 0 Å². The first kappa shape index (κ1) is 14.0. The second kappa shape index (κ2) is 8.28. The summed E-state index contributed by atoms with van der Waals surface area (Å²) >= 11 is 0. The van der Waals surface area contributed by atoms with Crippen LogP contribution in [0, 0.1) is 0 Å². The first-order chi connectivity index (χ1) is 7.06. The summed E-state index contributed by atoms with van der Waals surface area (Å²) in [6, 6.07) is 0. The minimum absolute atomic E-state index is 1.15. The molecule has 0 aliphatic rings. The monoisotopic (exact) mass is 204 g/mol. The van der Waals surface area contributed by atoms with E-state index in [1.54, 1.807) is 0 Å². The third kappa shape index (κ3) is 9.27. The smallest absolute Gasteiger partial charge is 0.0285 e. The van der Waals surface area contributed by atoms with Gasteiger partial charge in [-0.2, -0.15) is 0 Å². The van der Waals surface area contributed by atoms with Gasteiger partial charge in [0.25, 0.3) is 0 Å². The fourth-order valence-electron chi connectivity index (χ4n) is 1.13. The van der Waals surface area contributed by atoms with Crippen LogP contribution in [0.5, 0.6) is 0 Å². The Kier molecular flexibility index (Phi) is 7.71. The van der Waals surface area contributed by atoms with Gasteiger partial charge in [-0.3, -0.25) is 0 Å². The molecule has 0 aromatic carbocycles. The van der Waals surface area contributed by atoms with E-state index in [0.717, 1.165) is 12.8 Å². The molecule has 0 saturated carbocycles. The summed E-state index contributed by atoms with van der Waals surface area (Å²) in [6.07, 6.45) is 13.2. The van der Waals surface area contributed by atoms with E-state index in [9.17, 15) is 0 Å². The zero-order valence-corrected chi connectivity index (χ0v) is 10.8. The van der Waals surface area contributed by atoms with Crippen LogP contribution in [0.25, 0.3) is 0 Å². The lowest BCUT2D eigenvalue weighted by atomic mass is 10.1. The van der Waals surface area contributed by atoms with Crippen molar-refractivity contribution in [3.05, 3.63) is 47.1 Å². The molecular formula is C15H24. The molecule has 0 radical (unpaired) electrons. The summed E-state index contributed by atoms with van der Waals surface area (Å²) in [7, 11) is 0. The minimum atomic E-state index is 1.15. The number of hydrogen-bond acceptors (Lipinski definition) is 0. The summed E-state index contributed by atoms with van der Waals surface area (Å²) in [5.41, 5.74) is 4.15. The predicted molar refractivity (Wildman–Crippen MR) is 71.0 cm³/mol. The highest BCUT2D eigenvalue weighted by molar-refractivity contribution is 5.21. The van der Waals surface area contributed by atoms with Crippen molar-refractivity contribution < 1.29 is 0 Å². The van der Waals surface area contributed by atoms with Crippen LogP contribution in [0.1, 0.15) is 47.5 Å². The Bertz CT molecular complexity index is 281. The van der Waals surface area contributed by atoms with E-state index in [-0.39, 0.29) is 0 Å². The number of hydrogen-bond donors (Lipinski definition) is 0. The standard InChI is InChI=1S/C15H24/c1-6-14(4)10-8-12-15(5)11-7-9-13(2)3/h6,8-10,12H,7,11H2,1-5H3/b10-8+,14-6-,15-12+. The number of rotatable bonds is 5. The molecular weight excluding hydrogens is 180 g/mol. The Morgan fingerprint density at radius 2 is 1.73 bits per heavy atom. The fraction of sp³-hybridized carbons (Fsp3) is 0.467. The first-order valence-corrected chi connectivity index (χ1v) is 5.66. The number of allylic oxidation sites excluding steroid dienone is 8. The fourth-order valence-corrected chi connectivity index (χ4v) is 1.13. The quantitative estimate of drug-likeness (QED) is 0.426. The average molecular weight is 204 g/mol. The molecule has 0 N–H and O–H groups in total. The van der Waals surface area contributed by atoms with Gasteiger partial charge < -0.3 is 0 Å². The Balaban J connectivity index is 4.00. The van der Waals surface area contributed by atoms with Crippen LogP contribution in [-0.4, -0.2) is 0 Å². The maximum absolute atomic E-state index is 2.29. The molecule has 0 fully saturated rings. The van der Waals surface area contributed by atoms with Gasteiger partial charge in [-0.25, -0.2) is 0 Å². The lowest BCUT2D eigenvalue weighted by molar-refractivity contribution is 0.967. The molecule has 0 saturated heterocycles. The van der Waals surface area contributed by atoms with Crippen molar-refractivity contribution in [2.24, 2.45) is 0 Å². The first-order valence-electron chi connectivity index (χ1n) is 5.66. The minimum Gasteiger partial charge on any atom is -0.0856 e. The molecule has 0 aliphatic heterocycles. The molecule has 0 heteroatoms. The van der Waals surface area contributed by atoms with Crippen molar-refractivity contribution in [1.29, 1.82) is 0 Å². The maximum Gasteiger partial charge on any atom is -0.0285 e. The highest BCUT2D eigenvalue weighted by Crippen LogP contribution is 2.07. The molecule has 0 heterocycles. The van der Waals surface area contributed by atoms with Gasteiger partial charge in [0.1, 0.15) is 0 Å². The average Bonchev–Trinajstić information content (AvgIpc) is 2.17. The molecule has 0 nitrogen and oxygen atoms in total. The van der Waals surface area contributed by atoms with E-state index < -0.39 is 0 Å². The van der Waals surface area contributed by atoms with E-state index in [2.05, 4.69) is 65.0 Å². The van der Waals surface area contributed by atoms with Crippen molar-refractivity contribution >= 4 is 0 Å². The third-order valence-electron chi connectivity index (χ3n) is 2.29. The molecule has 0 atom stereocenters. The Hall–Kier alpha value is -1.04. The second-order valence-electron chi connectivity index (χ2n) is 4.22. The highest BCUT2D eigenvalue weighted by atomic mass is 13.9. The van der Waals surface area contributed by atoms with E-state index in [1.807, 2.05) is 0 Å². The van der Waals surface area contributed by atoms with Crippen LogP contribution in [0.3, 0.4) is 0 Å². The van der Waals surface area contributed by atoms with Crippen molar-refractivity contribution in [2.45, 2.75) is 47.5 Å². The van der Waals surface area contributed by atoms with E-state index in [0.29, 0.717) is 0 Å². The van der Waals surface area contributed by atoms with Crippen LogP contribution in [0.15, 0.2) is 47.1 Å². The molecule has 15 heavy (non-hydrogen) atoms. The SMILES string of the molecule is C\C=C(C)/C=C/C=C(\C)CCC=C(C)C. The Morgan fingerprint density at radius 3 is 2.27 bits per heavy atom. The van der Waals surface area contributed by atoms with Gasteiger partial charge >= 0.3 is 0 Å². The van der Waals surface area contributed by atoms with Gasteiger partial charge in [-0.15, -0.1) is 0 Å². The molecule has 0 aromatic rings. The Morgan fingerprint density at radius 1 is 1.07 bits per heavy atom. The normalized spacial score (nSPS) is 13.4. The van der Waals surface area contributed by atoms with Gasteiger partial charge in [0.15, 0.2) is 0 Å². The van der Waals surface area contributed by atoms with Crippen LogP contribution >= 0.6 is 0 Å². The molecule has 0 unspecified atom stereocenters. The summed E-state index contributed by atoms with van der Waals surface area (Å²) in [4.78, 5) is 0. The zero-order chi connectivity index (χ0) is 11.7. The van der Waals surface area contributed by atoms with E-state index in [1.165, 1.54) is 16.7 Å². The molecule has 84 valence electrons. The van der Waals surface area contributed by atoms with Gasteiger partial charge in [-0.1, -0.05) is 47.1 Å². The van der Waals surface area contributed by atoms with Gasteiger partial charge in [-0.05, 0) is 47.5 Å². The van der Waals surface area contributed by atoms with Gasteiger partial charge in [0.2, 0.25) is 0 Å². The molecule has 0 amide bonds. The van der Waals surface area contributed by atoms with Crippen molar-refractivity contribution in [3.63, 3.8) is 0 Å². The van der Waals surface area contributed by atoms with Crippen LogP contribution < -0.4 is 0 Å². The lowest BCUT2D eigenvalue weighted by Crippen LogP contribution is -1.76. The molecule has 0 rings (SSSR count). The van der Waals surface area contributed by atoms with Crippen LogP contribution in [0.2, 0.25) is 0 Å². The second-order valence-corrected chi connectivity index (χ2v) is 4.22.